The molecule has 1 amide bonds. The molecule has 4 N–H and O–H groups in total. The summed E-state index contributed by atoms with van der Waals surface area (Å²) in [7, 11) is 0. The summed E-state index contributed by atoms with van der Waals surface area (Å²) in [6.07, 6.45) is 8.04. The lowest BCUT2D eigenvalue weighted by atomic mass is 9.98. The fourth-order valence-electron chi connectivity index (χ4n) is 4.28. The normalized spacial score (nSPS) is 26.4. The minimum atomic E-state index is -2.85. The van der Waals surface area contributed by atoms with Gasteiger partial charge in [-0.1, -0.05) is 6.08 Å². The lowest BCUT2D eigenvalue weighted by Crippen LogP contribution is -2.44. The molecule has 4 rings (SSSR count). The summed E-state index contributed by atoms with van der Waals surface area (Å²) in [5, 5.41) is 23.3. The summed E-state index contributed by atoms with van der Waals surface area (Å²) in [5.41, 5.74) is 1.20. The predicted octanol–water partition coefficient (Wildman–Crippen LogP) is 2.54. The molecule has 2 aliphatic heterocycles. The second kappa shape index (κ2) is 8.23. The predicted molar refractivity (Wildman–Crippen MR) is 116 cm³/mol. The number of alkyl halides is 2. The summed E-state index contributed by atoms with van der Waals surface area (Å²) < 4.78 is 26.8. The fraction of sp³-hybridized carbons (Fsp3) is 0.545. The Morgan fingerprint density at radius 2 is 2.19 bits per heavy atom. The zero-order valence-electron chi connectivity index (χ0n) is 18.1. The largest absolute Gasteiger partial charge is 0.389 e. The van der Waals surface area contributed by atoms with Crippen molar-refractivity contribution in [3.8, 4) is 0 Å². The number of nitrogens with one attached hydrogen (secondary N) is 3. The smallest absolute Gasteiger partial charge is 0.260 e. The van der Waals surface area contributed by atoms with E-state index in [-0.39, 0.29) is 18.5 Å². The van der Waals surface area contributed by atoms with Crippen LogP contribution in [0.15, 0.2) is 30.2 Å². The van der Waals surface area contributed by atoms with Gasteiger partial charge in [0, 0.05) is 37.6 Å². The lowest BCUT2D eigenvalue weighted by Gasteiger charge is -2.34. The van der Waals surface area contributed by atoms with Crippen molar-refractivity contribution in [2.75, 3.05) is 11.9 Å². The number of aromatic nitrogens is 2. The average molecular weight is 447 g/mol. The van der Waals surface area contributed by atoms with E-state index in [1.807, 2.05) is 6.08 Å². The van der Waals surface area contributed by atoms with Gasteiger partial charge >= 0.3 is 0 Å². The third kappa shape index (κ3) is 4.79. The average Bonchev–Trinajstić information content (AvgIpc) is 3.29. The van der Waals surface area contributed by atoms with Gasteiger partial charge in [0.2, 0.25) is 11.9 Å². The third-order valence-corrected chi connectivity index (χ3v) is 5.96. The second-order valence-corrected chi connectivity index (χ2v) is 9.29. The summed E-state index contributed by atoms with van der Waals surface area (Å²) >= 11 is 0. The van der Waals surface area contributed by atoms with Gasteiger partial charge in [0.05, 0.1) is 23.0 Å². The summed E-state index contributed by atoms with van der Waals surface area (Å²) in [5.74, 6) is -4.13. The molecular weight excluding hydrogens is 418 g/mol. The molecule has 1 saturated heterocycles. The van der Waals surface area contributed by atoms with E-state index in [0.717, 1.165) is 24.6 Å². The van der Waals surface area contributed by atoms with Crippen LogP contribution in [-0.2, 0) is 4.79 Å². The summed E-state index contributed by atoms with van der Waals surface area (Å²) in [6.45, 7) is 3.66. The second-order valence-electron chi connectivity index (χ2n) is 9.29. The van der Waals surface area contributed by atoms with Gasteiger partial charge in [-0.15, -0.1) is 0 Å². The van der Waals surface area contributed by atoms with E-state index in [1.165, 1.54) is 0 Å². The Balaban J connectivity index is 1.46. The van der Waals surface area contributed by atoms with Crippen LogP contribution in [0.1, 0.15) is 45.2 Å². The molecule has 2 fully saturated rings. The molecule has 0 radical (unpaired) electrons. The molecule has 1 aromatic heterocycles. The van der Waals surface area contributed by atoms with Crippen molar-refractivity contribution in [3.63, 3.8) is 0 Å². The number of hydrogen-bond acceptors (Lipinski definition) is 7. The third-order valence-electron chi connectivity index (χ3n) is 5.96. The van der Waals surface area contributed by atoms with Crippen molar-refractivity contribution in [1.82, 2.24) is 20.2 Å². The van der Waals surface area contributed by atoms with Gasteiger partial charge in [-0.2, -0.15) is 0 Å². The van der Waals surface area contributed by atoms with Crippen LogP contribution in [0, 0.1) is 11.3 Å². The first-order valence-corrected chi connectivity index (χ1v) is 10.7. The van der Waals surface area contributed by atoms with Crippen molar-refractivity contribution in [1.29, 1.82) is 5.41 Å². The van der Waals surface area contributed by atoms with E-state index in [2.05, 4.69) is 20.6 Å². The Bertz CT molecular complexity index is 971. The first-order chi connectivity index (χ1) is 15.1. The van der Waals surface area contributed by atoms with Crippen LogP contribution in [0.2, 0.25) is 0 Å². The number of allylic oxidation sites excluding steroid dienone is 1. The topological polar surface area (TPSA) is 114 Å². The van der Waals surface area contributed by atoms with Gasteiger partial charge in [0.15, 0.2) is 0 Å². The van der Waals surface area contributed by atoms with Crippen LogP contribution >= 0.6 is 0 Å². The van der Waals surface area contributed by atoms with Crippen LogP contribution in [0.5, 0.6) is 0 Å². The molecule has 172 valence electrons. The highest BCUT2D eigenvalue weighted by Gasteiger charge is 2.63. The van der Waals surface area contributed by atoms with Crippen LogP contribution in [-0.4, -0.2) is 62.2 Å². The summed E-state index contributed by atoms with van der Waals surface area (Å²) in [4.78, 5) is 23.0. The monoisotopic (exact) mass is 446 g/mol. The molecule has 1 aliphatic carbocycles. The lowest BCUT2D eigenvalue weighted by molar-refractivity contribution is -0.137. The highest BCUT2D eigenvalue weighted by atomic mass is 19.3. The van der Waals surface area contributed by atoms with Crippen LogP contribution in [0.3, 0.4) is 0 Å². The van der Waals surface area contributed by atoms with Crippen molar-refractivity contribution in [2.24, 2.45) is 5.92 Å². The molecule has 0 aromatic carbocycles. The van der Waals surface area contributed by atoms with E-state index >= 15 is 0 Å². The molecule has 0 spiro atoms. The Morgan fingerprint density at radius 1 is 1.44 bits per heavy atom. The van der Waals surface area contributed by atoms with Gasteiger partial charge in [-0.3, -0.25) is 4.79 Å². The Hall–Kier alpha value is -2.88. The first-order valence-electron chi connectivity index (χ1n) is 10.7. The SMILES string of the molecule is CC(C)(O)CN/C=C(\C=N)Nc1nccc(C2=CC3CCC(C2)N3C(=O)C2CC2(F)F)n1. The molecule has 3 aliphatic rings. The van der Waals surface area contributed by atoms with Crippen molar-refractivity contribution in [2.45, 2.75) is 63.1 Å². The Kier molecular flexibility index (Phi) is 5.74. The van der Waals surface area contributed by atoms with E-state index < -0.39 is 23.3 Å². The molecule has 32 heavy (non-hydrogen) atoms. The molecular formula is C22H28F2N6O2. The van der Waals surface area contributed by atoms with E-state index in [9.17, 15) is 18.7 Å². The number of amides is 1. The Labute approximate surface area is 185 Å². The Morgan fingerprint density at radius 3 is 2.81 bits per heavy atom. The number of aliphatic hydroxyl groups is 1. The van der Waals surface area contributed by atoms with Gasteiger partial charge < -0.3 is 26.0 Å². The fourth-order valence-corrected chi connectivity index (χ4v) is 4.28. The molecule has 1 saturated carbocycles. The molecule has 3 unspecified atom stereocenters. The van der Waals surface area contributed by atoms with Crippen molar-refractivity contribution < 1.29 is 18.7 Å². The van der Waals surface area contributed by atoms with E-state index in [0.29, 0.717) is 30.3 Å². The van der Waals surface area contributed by atoms with E-state index in [4.69, 9.17) is 5.41 Å². The number of nitrogens with zero attached hydrogens (tertiary/aromatic N) is 3. The minimum absolute atomic E-state index is 0.0849. The minimum Gasteiger partial charge on any atom is -0.389 e. The molecule has 8 nitrogen and oxygen atoms in total. The molecule has 3 heterocycles. The number of carbonyl (C=O) groups is 1. The van der Waals surface area contributed by atoms with Crippen molar-refractivity contribution in [3.05, 3.63) is 35.9 Å². The number of rotatable bonds is 8. The van der Waals surface area contributed by atoms with Crippen molar-refractivity contribution >= 4 is 23.6 Å². The maximum Gasteiger partial charge on any atom is 0.260 e. The first kappa shape index (κ1) is 22.3. The number of hydrogen-bond donors (Lipinski definition) is 4. The zero-order chi connectivity index (χ0) is 23.1. The van der Waals surface area contributed by atoms with Crippen LogP contribution in [0.25, 0.3) is 5.57 Å². The number of halogens is 2. The number of carbonyl (C=O) groups excluding carboxylic acids is 1. The maximum absolute atomic E-state index is 13.4. The maximum atomic E-state index is 13.4. The number of anilines is 1. The van der Waals surface area contributed by atoms with E-state index in [1.54, 1.807) is 37.2 Å². The number of fused-ring (bicyclic) bond motifs is 2. The zero-order valence-corrected chi connectivity index (χ0v) is 18.1. The molecule has 2 bridgehead atoms. The quantitative estimate of drug-likeness (QED) is 0.457. The van der Waals surface area contributed by atoms with Gasteiger partial charge in [0.25, 0.3) is 5.92 Å². The van der Waals surface area contributed by atoms with Crippen LogP contribution < -0.4 is 10.6 Å². The molecule has 1 aromatic rings. The summed E-state index contributed by atoms with van der Waals surface area (Å²) in [6, 6.07) is 1.52. The molecule has 3 atom stereocenters. The van der Waals surface area contributed by atoms with Gasteiger partial charge in [0.1, 0.15) is 5.92 Å². The standard InChI is InChI=1S/C22H28F2N6O2/c1-21(2,32)12-26-11-14(10-25)28-20-27-6-5-18(29-20)13-7-15-3-4-16(8-13)30(15)19(31)17-9-22(17,23)24/h5-7,10-11,15-17,25-26,32H,3-4,8-9,12H2,1-2H3,(H,27,28,29)/b14-11+,25-10?. The van der Waals surface area contributed by atoms with Gasteiger partial charge in [-0.25, -0.2) is 18.7 Å². The highest BCUT2D eigenvalue weighted by molar-refractivity contribution is 5.85. The van der Waals surface area contributed by atoms with Crippen LogP contribution in [0.4, 0.5) is 14.7 Å². The van der Waals surface area contributed by atoms with Gasteiger partial charge in [-0.05, 0) is 44.7 Å². The molecule has 10 heteroatoms. The highest BCUT2D eigenvalue weighted by Crippen LogP contribution is 2.51.